The Bertz CT molecular complexity index is 712. The van der Waals surface area contributed by atoms with Gasteiger partial charge in [-0.3, -0.25) is 9.59 Å². The van der Waals surface area contributed by atoms with E-state index in [4.69, 9.17) is 4.74 Å². The van der Waals surface area contributed by atoms with Crippen molar-refractivity contribution in [2.75, 3.05) is 13.2 Å². The van der Waals surface area contributed by atoms with Crippen LogP contribution in [0.2, 0.25) is 0 Å². The number of carbonyl (C=O) groups is 2. The van der Waals surface area contributed by atoms with Gasteiger partial charge in [0.2, 0.25) is 0 Å². The van der Waals surface area contributed by atoms with Gasteiger partial charge in [-0.25, -0.2) is 0 Å². The Balaban J connectivity index is 1.78. The van der Waals surface area contributed by atoms with E-state index in [2.05, 4.69) is 15.4 Å². The molecular weight excluding hydrogens is 296 g/mol. The number of esters is 1. The summed E-state index contributed by atoms with van der Waals surface area (Å²) >= 11 is 0. The molecular formula is C16H20N4O3. The van der Waals surface area contributed by atoms with Gasteiger partial charge < -0.3 is 9.64 Å². The first-order valence-corrected chi connectivity index (χ1v) is 7.96. The van der Waals surface area contributed by atoms with Crippen LogP contribution >= 0.6 is 0 Å². The molecule has 1 aromatic heterocycles. The Morgan fingerprint density at radius 2 is 2.13 bits per heavy atom. The molecule has 7 nitrogen and oxygen atoms in total. The number of nitrogens with one attached hydrogen (secondary N) is 1. The van der Waals surface area contributed by atoms with Crippen molar-refractivity contribution in [2.24, 2.45) is 0 Å². The number of ether oxygens (including phenoxy) is 1. The molecule has 0 spiro atoms. The maximum atomic E-state index is 12.8. The Hall–Kier alpha value is -2.44. The SMILES string of the molecule is CCOC(=O)CC1CCCCN1C(=O)c1ccc2n[nH]nc2c1. The van der Waals surface area contributed by atoms with Crippen LogP contribution in [0.15, 0.2) is 18.2 Å². The summed E-state index contributed by atoms with van der Waals surface area (Å²) in [5, 5.41) is 10.5. The summed E-state index contributed by atoms with van der Waals surface area (Å²) in [6.07, 6.45) is 3.07. The molecule has 0 saturated carbocycles. The van der Waals surface area contributed by atoms with Gasteiger partial charge in [-0.15, -0.1) is 0 Å². The van der Waals surface area contributed by atoms with E-state index in [1.165, 1.54) is 0 Å². The lowest BCUT2D eigenvalue weighted by Crippen LogP contribution is -2.45. The molecule has 2 aromatic rings. The van der Waals surface area contributed by atoms with Crippen molar-refractivity contribution >= 4 is 22.9 Å². The first-order chi connectivity index (χ1) is 11.2. The molecule has 1 aliphatic rings. The van der Waals surface area contributed by atoms with Crippen molar-refractivity contribution in [3.63, 3.8) is 0 Å². The van der Waals surface area contributed by atoms with E-state index in [0.717, 1.165) is 24.8 Å². The van der Waals surface area contributed by atoms with Crippen molar-refractivity contribution in [2.45, 2.75) is 38.6 Å². The smallest absolute Gasteiger partial charge is 0.307 e. The van der Waals surface area contributed by atoms with Gasteiger partial charge in [-0.1, -0.05) is 0 Å². The fraction of sp³-hybridized carbons (Fsp3) is 0.500. The summed E-state index contributed by atoms with van der Waals surface area (Å²) in [5.41, 5.74) is 1.96. The first kappa shape index (κ1) is 15.5. The van der Waals surface area contributed by atoms with Gasteiger partial charge in [0.05, 0.1) is 13.0 Å². The standard InChI is InChI=1S/C16H20N4O3/c1-2-23-15(21)10-12-5-3-4-8-20(12)16(22)11-6-7-13-14(9-11)18-19-17-13/h6-7,9,12H,2-5,8,10H2,1H3,(H,17,18,19). The Morgan fingerprint density at radius 1 is 1.30 bits per heavy atom. The number of carbonyl (C=O) groups excluding carboxylic acids is 2. The highest BCUT2D eigenvalue weighted by atomic mass is 16.5. The molecule has 7 heteroatoms. The molecule has 1 N–H and O–H groups in total. The number of hydrogen-bond donors (Lipinski definition) is 1. The van der Waals surface area contributed by atoms with Crippen molar-refractivity contribution in [1.29, 1.82) is 0 Å². The number of piperidine rings is 1. The lowest BCUT2D eigenvalue weighted by Gasteiger charge is -2.35. The van der Waals surface area contributed by atoms with E-state index < -0.39 is 0 Å². The van der Waals surface area contributed by atoms with Gasteiger partial charge in [0.15, 0.2) is 0 Å². The molecule has 23 heavy (non-hydrogen) atoms. The molecule has 1 saturated heterocycles. The third kappa shape index (κ3) is 3.33. The average Bonchev–Trinajstić information content (AvgIpc) is 3.02. The summed E-state index contributed by atoms with van der Waals surface area (Å²) in [4.78, 5) is 26.4. The maximum Gasteiger partial charge on any atom is 0.307 e. The summed E-state index contributed by atoms with van der Waals surface area (Å²) < 4.78 is 5.03. The van der Waals surface area contributed by atoms with E-state index >= 15 is 0 Å². The second-order valence-corrected chi connectivity index (χ2v) is 5.68. The average molecular weight is 316 g/mol. The van der Waals surface area contributed by atoms with Crippen LogP contribution < -0.4 is 0 Å². The summed E-state index contributed by atoms with van der Waals surface area (Å²) in [5.74, 6) is -0.312. The van der Waals surface area contributed by atoms with E-state index in [9.17, 15) is 9.59 Å². The predicted octanol–water partition coefficient (Wildman–Crippen LogP) is 1.91. The fourth-order valence-corrected chi connectivity index (χ4v) is 3.03. The zero-order valence-corrected chi connectivity index (χ0v) is 13.1. The second-order valence-electron chi connectivity index (χ2n) is 5.68. The van der Waals surface area contributed by atoms with E-state index in [-0.39, 0.29) is 24.3 Å². The van der Waals surface area contributed by atoms with Crippen LogP contribution in [0.5, 0.6) is 0 Å². The molecule has 0 bridgehead atoms. The molecule has 1 fully saturated rings. The molecule has 2 heterocycles. The van der Waals surface area contributed by atoms with E-state index in [1.54, 1.807) is 30.0 Å². The van der Waals surface area contributed by atoms with E-state index in [1.807, 2.05) is 0 Å². The van der Waals surface area contributed by atoms with Crippen LogP contribution in [0, 0.1) is 0 Å². The van der Waals surface area contributed by atoms with Crippen molar-refractivity contribution in [3.05, 3.63) is 23.8 Å². The third-order valence-corrected chi connectivity index (χ3v) is 4.16. The van der Waals surface area contributed by atoms with Gasteiger partial charge in [0.25, 0.3) is 5.91 Å². The van der Waals surface area contributed by atoms with E-state index in [0.29, 0.717) is 24.2 Å². The lowest BCUT2D eigenvalue weighted by atomic mass is 9.98. The van der Waals surface area contributed by atoms with Gasteiger partial charge in [-0.05, 0) is 44.4 Å². The number of amides is 1. The highest BCUT2D eigenvalue weighted by Gasteiger charge is 2.29. The quantitative estimate of drug-likeness (QED) is 0.870. The molecule has 1 aliphatic heterocycles. The van der Waals surface area contributed by atoms with Crippen LogP contribution in [-0.4, -0.2) is 51.4 Å². The fourth-order valence-electron chi connectivity index (χ4n) is 3.03. The topological polar surface area (TPSA) is 88.2 Å². The molecule has 1 amide bonds. The summed E-state index contributed by atoms with van der Waals surface area (Å²) in [7, 11) is 0. The van der Waals surface area contributed by atoms with Crippen molar-refractivity contribution < 1.29 is 14.3 Å². The van der Waals surface area contributed by atoms with Gasteiger partial charge >= 0.3 is 5.97 Å². The van der Waals surface area contributed by atoms with Crippen LogP contribution in [0.25, 0.3) is 11.0 Å². The zero-order chi connectivity index (χ0) is 16.2. The molecule has 1 aromatic carbocycles. The number of aromatic amines is 1. The third-order valence-electron chi connectivity index (χ3n) is 4.16. The van der Waals surface area contributed by atoms with Crippen LogP contribution in [-0.2, 0) is 9.53 Å². The molecule has 122 valence electrons. The minimum absolute atomic E-state index is 0.0658. The molecule has 1 atom stereocenters. The number of rotatable bonds is 4. The molecule has 3 rings (SSSR count). The Morgan fingerprint density at radius 3 is 2.96 bits per heavy atom. The molecule has 0 aliphatic carbocycles. The first-order valence-electron chi connectivity index (χ1n) is 7.96. The van der Waals surface area contributed by atoms with Gasteiger partial charge in [-0.2, -0.15) is 15.4 Å². The molecule has 1 unspecified atom stereocenters. The lowest BCUT2D eigenvalue weighted by molar-refractivity contribution is -0.144. The Labute approximate surface area is 134 Å². The normalized spacial score (nSPS) is 18.1. The highest BCUT2D eigenvalue weighted by molar-refractivity contribution is 5.97. The van der Waals surface area contributed by atoms with Crippen LogP contribution in [0.4, 0.5) is 0 Å². The van der Waals surface area contributed by atoms with Crippen LogP contribution in [0.1, 0.15) is 43.0 Å². The zero-order valence-electron chi connectivity index (χ0n) is 13.1. The largest absolute Gasteiger partial charge is 0.466 e. The minimum Gasteiger partial charge on any atom is -0.466 e. The summed E-state index contributed by atoms with van der Waals surface area (Å²) in [6.45, 7) is 2.82. The van der Waals surface area contributed by atoms with Gasteiger partial charge in [0.1, 0.15) is 11.0 Å². The monoisotopic (exact) mass is 316 g/mol. The van der Waals surface area contributed by atoms with Crippen molar-refractivity contribution in [3.8, 4) is 0 Å². The van der Waals surface area contributed by atoms with Crippen molar-refractivity contribution in [1.82, 2.24) is 20.3 Å². The predicted molar refractivity (Wildman–Crippen MR) is 83.8 cm³/mol. The highest BCUT2D eigenvalue weighted by Crippen LogP contribution is 2.23. The number of fused-ring (bicyclic) bond motifs is 1. The number of benzene rings is 1. The van der Waals surface area contributed by atoms with Crippen LogP contribution in [0.3, 0.4) is 0 Å². The number of H-pyrrole nitrogens is 1. The number of likely N-dealkylation sites (tertiary alicyclic amines) is 1. The van der Waals surface area contributed by atoms with Gasteiger partial charge in [0, 0.05) is 18.2 Å². The number of hydrogen-bond acceptors (Lipinski definition) is 5. The minimum atomic E-state index is -0.246. The number of nitrogens with zero attached hydrogens (tertiary/aromatic N) is 3. The summed E-state index contributed by atoms with van der Waals surface area (Å²) in [6, 6.07) is 5.17. The maximum absolute atomic E-state index is 12.8. The molecule has 0 radical (unpaired) electrons. The second kappa shape index (κ2) is 6.76. The number of aromatic nitrogens is 3. The Kier molecular flexibility index (Phi) is 4.55.